The average molecular weight is 400 g/mol. The molecule has 2 aromatic carbocycles. The Labute approximate surface area is 170 Å². The highest BCUT2D eigenvalue weighted by Crippen LogP contribution is 2.27. The van der Waals surface area contributed by atoms with E-state index in [2.05, 4.69) is 30.5 Å². The molecule has 3 heterocycles. The van der Waals surface area contributed by atoms with E-state index < -0.39 is 0 Å². The van der Waals surface area contributed by atoms with E-state index in [4.69, 9.17) is 0 Å². The summed E-state index contributed by atoms with van der Waals surface area (Å²) in [5.74, 6) is 0.551. The van der Waals surface area contributed by atoms with Gasteiger partial charge in [-0.25, -0.2) is 9.97 Å². The van der Waals surface area contributed by atoms with Crippen LogP contribution in [0, 0.1) is 0 Å². The number of H-pyrrole nitrogens is 2. The monoisotopic (exact) mass is 400 g/mol. The number of para-hydroxylation sites is 1. The fourth-order valence-corrected chi connectivity index (χ4v) is 4.05. The number of hydrogen-bond acceptors (Lipinski definition) is 5. The second-order valence-corrected chi connectivity index (χ2v) is 7.49. The van der Waals surface area contributed by atoms with Crippen molar-refractivity contribution in [3.63, 3.8) is 0 Å². The molecule has 3 aromatic heterocycles. The number of rotatable bonds is 5. The van der Waals surface area contributed by atoms with Gasteiger partial charge in [0.2, 0.25) is 0 Å². The van der Waals surface area contributed by atoms with Gasteiger partial charge < -0.3 is 10.3 Å². The number of hydrogen-bond donors (Lipinski definition) is 3. The Bertz CT molecular complexity index is 1290. The van der Waals surface area contributed by atoms with Crippen LogP contribution < -0.4 is 5.32 Å². The summed E-state index contributed by atoms with van der Waals surface area (Å²) < 4.78 is 0. The highest BCUT2D eigenvalue weighted by atomic mass is 32.2. The van der Waals surface area contributed by atoms with Crippen LogP contribution in [0.2, 0.25) is 0 Å². The van der Waals surface area contributed by atoms with E-state index in [1.165, 1.54) is 6.33 Å². The third kappa shape index (κ3) is 3.57. The fraction of sp³-hybridized carbons (Fsp3) is 0.0476. The normalized spacial score (nSPS) is 11.2. The Morgan fingerprint density at radius 3 is 2.93 bits per heavy atom. The predicted octanol–water partition coefficient (Wildman–Crippen LogP) is 4.38. The van der Waals surface area contributed by atoms with Gasteiger partial charge in [0.25, 0.3) is 5.91 Å². The predicted molar refractivity (Wildman–Crippen MR) is 114 cm³/mol. The van der Waals surface area contributed by atoms with Crippen molar-refractivity contribution in [2.75, 3.05) is 5.32 Å². The average Bonchev–Trinajstić information content (AvgIpc) is 3.39. The Morgan fingerprint density at radius 2 is 2.00 bits per heavy atom. The molecule has 1 amide bonds. The van der Waals surface area contributed by atoms with Crippen LogP contribution >= 0.6 is 11.8 Å². The molecular weight excluding hydrogens is 384 g/mol. The van der Waals surface area contributed by atoms with E-state index in [0.29, 0.717) is 11.4 Å². The van der Waals surface area contributed by atoms with Gasteiger partial charge in [-0.15, -0.1) is 11.8 Å². The van der Waals surface area contributed by atoms with Crippen LogP contribution in [0.4, 0.5) is 5.69 Å². The van der Waals surface area contributed by atoms with Crippen LogP contribution in [0.25, 0.3) is 21.9 Å². The molecule has 0 bridgehead atoms. The Balaban J connectivity index is 1.30. The molecule has 0 aliphatic heterocycles. The molecule has 0 radical (unpaired) electrons. The summed E-state index contributed by atoms with van der Waals surface area (Å²) in [7, 11) is 0. The van der Waals surface area contributed by atoms with Crippen LogP contribution in [0.1, 0.15) is 16.1 Å². The minimum absolute atomic E-state index is 0.165. The highest BCUT2D eigenvalue weighted by Gasteiger charge is 2.11. The smallest absolute Gasteiger partial charge is 0.272 e. The molecule has 0 saturated heterocycles. The third-order valence-corrected chi connectivity index (χ3v) is 5.62. The molecule has 8 heteroatoms. The molecule has 29 heavy (non-hydrogen) atoms. The lowest BCUT2D eigenvalue weighted by Crippen LogP contribution is -2.12. The number of carbonyl (C=O) groups excluding carboxylic acids is 1. The summed E-state index contributed by atoms with van der Waals surface area (Å²) in [6.07, 6.45) is 3.26. The molecule has 0 unspecified atom stereocenters. The number of nitrogens with one attached hydrogen (secondary N) is 3. The highest BCUT2D eigenvalue weighted by molar-refractivity contribution is 7.98. The molecule has 3 N–H and O–H groups in total. The van der Waals surface area contributed by atoms with Crippen molar-refractivity contribution in [1.29, 1.82) is 0 Å². The Hall–Kier alpha value is -3.65. The Morgan fingerprint density at radius 1 is 1.07 bits per heavy atom. The van der Waals surface area contributed by atoms with E-state index in [1.807, 2.05) is 54.6 Å². The maximum atomic E-state index is 12.6. The van der Waals surface area contributed by atoms with E-state index in [9.17, 15) is 4.79 Å². The maximum Gasteiger partial charge on any atom is 0.272 e. The van der Waals surface area contributed by atoms with Crippen LogP contribution in [-0.4, -0.2) is 31.1 Å². The molecule has 142 valence electrons. The summed E-state index contributed by atoms with van der Waals surface area (Å²) in [4.78, 5) is 24.3. The fourth-order valence-electron chi connectivity index (χ4n) is 3.14. The van der Waals surface area contributed by atoms with Gasteiger partial charge >= 0.3 is 0 Å². The van der Waals surface area contributed by atoms with Crippen LogP contribution in [0.15, 0.2) is 72.1 Å². The van der Waals surface area contributed by atoms with Gasteiger partial charge in [-0.1, -0.05) is 30.3 Å². The molecular formula is C21H16N6OS. The molecule has 0 saturated carbocycles. The standard InChI is InChI=1S/C21H16N6OS/c28-20(18-9-14-5-1-2-7-17(14)26-18)25-15-6-3-4-13(8-15)11-29-21-16-10-24-27-19(16)22-12-23-21/h1-10,12,26H,11H2,(H,25,28)(H,22,23,24,27). The lowest BCUT2D eigenvalue weighted by molar-refractivity contribution is 0.102. The van der Waals surface area contributed by atoms with Gasteiger partial charge in [-0.2, -0.15) is 5.10 Å². The van der Waals surface area contributed by atoms with Crippen molar-refractivity contribution in [2.45, 2.75) is 10.8 Å². The minimum atomic E-state index is -0.165. The lowest BCUT2D eigenvalue weighted by Gasteiger charge is -2.07. The van der Waals surface area contributed by atoms with Gasteiger partial charge in [0, 0.05) is 22.3 Å². The number of amides is 1. The molecule has 5 rings (SSSR count). The van der Waals surface area contributed by atoms with E-state index in [1.54, 1.807) is 18.0 Å². The number of thioether (sulfide) groups is 1. The lowest BCUT2D eigenvalue weighted by atomic mass is 10.2. The number of aromatic amines is 2. The second kappa shape index (κ2) is 7.40. The zero-order valence-corrected chi connectivity index (χ0v) is 16.0. The van der Waals surface area contributed by atoms with Gasteiger partial charge in [0.15, 0.2) is 5.65 Å². The van der Waals surface area contributed by atoms with Crippen molar-refractivity contribution in [2.24, 2.45) is 0 Å². The van der Waals surface area contributed by atoms with E-state index in [-0.39, 0.29) is 5.91 Å². The maximum absolute atomic E-state index is 12.6. The van der Waals surface area contributed by atoms with E-state index >= 15 is 0 Å². The zero-order chi connectivity index (χ0) is 19.6. The van der Waals surface area contributed by atoms with Gasteiger partial charge in [-0.3, -0.25) is 9.89 Å². The first-order chi connectivity index (χ1) is 14.3. The van der Waals surface area contributed by atoms with Crippen molar-refractivity contribution in [1.82, 2.24) is 25.1 Å². The van der Waals surface area contributed by atoms with Crippen molar-refractivity contribution in [3.05, 3.63) is 78.4 Å². The Kier molecular flexibility index (Phi) is 4.45. The topological polar surface area (TPSA) is 99.3 Å². The van der Waals surface area contributed by atoms with Crippen molar-refractivity contribution < 1.29 is 4.79 Å². The summed E-state index contributed by atoms with van der Waals surface area (Å²) in [5, 5.41) is 12.6. The first kappa shape index (κ1) is 17.4. The van der Waals surface area contributed by atoms with Crippen LogP contribution in [-0.2, 0) is 5.75 Å². The molecule has 0 fully saturated rings. The summed E-state index contributed by atoms with van der Waals surface area (Å²) >= 11 is 1.60. The quantitative estimate of drug-likeness (QED) is 0.300. The summed E-state index contributed by atoms with van der Waals surface area (Å²) in [6.45, 7) is 0. The largest absolute Gasteiger partial charge is 0.351 e. The minimum Gasteiger partial charge on any atom is -0.351 e. The first-order valence-corrected chi connectivity index (χ1v) is 10.00. The number of carbonyl (C=O) groups is 1. The van der Waals surface area contributed by atoms with Gasteiger partial charge in [0.05, 0.1) is 11.6 Å². The number of benzene rings is 2. The second-order valence-electron chi connectivity index (χ2n) is 6.52. The molecule has 0 aliphatic carbocycles. The molecule has 5 aromatic rings. The SMILES string of the molecule is O=C(Nc1cccc(CSc2ncnc3[nH]ncc23)c1)c1cc2ccccc2[nH]1. The van der Waals surface area contributed by atoms with Crippen molar-refractivity contribution >= 4 is 45.3 Å². The van der Waals surface area contributed by atoms with Gasteiger partial charge in [-0.05, 0) is 29.8 Å². The number of fused-ring (bicyclic) bond motifs is 2. The zero-order valence-electron chi connectivity index (χ0n) is 15.2. The van der Waals surface area contributed by atoms with Crippen LogP contribution in [0.3, 0.4) is 0 Å². The third-order valence-electron chi connectivity index (χ3n) is 4.55. The summed E-state index contributed by atoms with van der Waals surface area (Å²) in [5.41, 5.74) is 4.04. The molecule has 7 nitrogen and oxygen atoms in total. The first-order valence-electron chi connectivity index (χ1n) is 9.01. The number of nitrogens with zero attached hydrogens (tertiary/aromatic N) is 3. The summed E-state index contributed by atoms with van der Waals surface area (Å²) in [6, 6.07) is 17.5. The van der Waals surface area contributed by atoms with Crippen LogP contribution in [0.5, 0.6) is 0 Å². The molecule has 0 spiro atoms. The van der Waals surface area contributed by atoms with E-state index in [0.717, 1.165) is 38.2 Å². The molecule has 0 atom stereocenters. The van der Waals surface area contributed by atoms with Gasteiger partial charge in [0.1, 0.15) is 17.0 Å². The molecule has 0 aliphatic rings. The van der Waals surface area contributed by atoms with Crippen molar-refractivity contribution in [3.8, 4) is 0 Å². The number of aromatic nitrogens is 5. The number of anilines is 1.